The first kappa shape index (κ1) is 26.2. The molecule has 1 heterocycles. The van der Waals surface area contributed by atoms with Gasteiger partial charge in [0.05, 0.1) is 19.0 Å². The smallest absolute Gasteiger partial charge is 0.358 e. The van der Waals surface area contributed by atoms with Crippen molar-refractivity contribution in [2.75, 3.05) is 6.61 Å². The number of aryl methyl sites for hydroxylation is 1. The van der Waals surface area contributed by atoms with Crippen LogP contribution < -0.4 is 0 Å². The van der Waals surface area contributed by atoms with Gasteiger partial charge in [-0.05, 0) is 60.7 Å². The third kappa shape index (κ3) is 7.03. The first-order chi connectivity index (χ1) is 16.1. The summed E-state index contributed by atoms with van der Waals surface area (Å²) < 4.78 is 13.9. The Balaban J connectivity index is 1.62. The topological polar surface area (TPSA) is 53.4 Å². The van der Waals surface area contributed by atoms with Crippen molar-refractivity contribution >= 4 is 25.1 Å². The zero-order valence-electron chi connectivity index (χ0n) is 21.6. The van der Waals surface area contributed by atoms with Crippen LogP contribution in [-0.2, 0) is 22.1 Å². The Labute approximate surface area is 205 Å². The van der Waals surface area contributed by atoms with Gasteiger partial charge in [-0.1, -0.05) is 69.7 Å². The van der Waals surface area contributed by atoms with Gasteiger partial charge in [-0.15, -0.1) is 0 Å². The van der Waals surface area contributed by atoms with Crippen LogP contribution in [0.25, 0.3) is 10.8 Å². The molecule has 0 saturated heterocycles. The van der Waals surface area contributed by atoms with E-state index in [0.717, 1.165) is 25.7 Å². The van der Waals surface area contributed by atoms with Crippen LogP contribution in [0.5, 0.6) is 0 Å². The molecule has 0 aliphatic carbocycles. The molecule has 0 bridgehead atoms. The van der Waals surface area contributed by atoms with Crippen LogP contribution in [0.1, 0.15) is 63.0 Å². The molecule has 0 radical (unpaired) electrons. The van der Waals surface area contributed by atoms with E-state index in [1.165, 1.54) is 16.3 Å². The molecule has 3 rings (SSSR count). The maximum atomic E-state index is 12.0. The van der Waals surface area contributed by atoms with Gasteiger partial charge >= 0.3 is 5.97 Å². The summed E-state index contributed by atoms with van der Waals surface area (Å²) in [6.07, 6.45) is 7.82. The lowest BCUT2D eigenvalue weighted by molar-refractivity contribution is 0.0519. The molecule has 6 heteroatoms. The summed E-state index contributed by atoms with van der Waals surface area (Å²) in [7, 11) is -1.93. The van der Waals surface area contributed by atoms with Gasteiger partial charge in [0.15, 0.2) is 14.0 Å². The molecular weight excluding hydrogens is 440 g/mol. The lowest BCUT2D eigenvalue weighted by Crippen LogP contribution is -2.44. The van der Waals surface area contributed by atoms with E-state index in [1.54, 1.807) is 19.4 Å². The number of carbonyl (C=O) groups excluding carboxylic acids is 1. The molecule has 0 aliphatic heterocycles. The average Bonchev–Trinajstić information content (AvgIpc) is 3.24. The number of hydrogen-bond donors (Lipinski definition) is 0. The number of nitrogens with zero attached hydrogens (tertiary/aromatic N) is 2. The van der Waals surface area contributed by atoms with Crippen molar-refractivity contribution in [3.05, 3.63) is 66.2 Å². The molecule has 0 aliphatic rings. The Morgan fingerprint density at radius 3 is 2.53 bits per heavy atom. The van der Waals surface area contributed by atoms with Gasteiger partial charge in [0.2, 0.25) is 0 Å². The van der Waals surface area contributed by atoms with Crippen LogP contribution in [0, 0.1) is 0 Å². The molecule has 0 saturated carbocycles. The third-order valence-electron chi connectivity index (χ3n) is 6.86. The zero-order chi connectivity index (χ0) is 24.8. The average molecular weight is 481 g/mol. The first-order valence-corrected chi connectivity index (χ1v) is 15.3. The maximum Gasteiger partial charge on any atom is 0.358 e. The van der Waals surface area contributed by atoms with Crippen LogP contribution in [0.4, 0.5) is 0 Å². The quantitative estimate of drug-likeness (QED) is 0.168. The van der Waals surface area contributed by atoms with Crippen LogP contribution >= 0.6 is 0 Å². The van der Waals surface area contributed by atoms with Gasteiger partial charge in [0, 0.05) is 12.7 Å². The highest BCUT2D eigenvalue weighted by molar-refractivity contribution is 6.74. The van der Waals surface area contributed by atoms with Crippen LogP contribution in [0.3, 0.4) is 0 Å². The molecule has 0 fully saturated rings. The number of esters is 1. The number of carbonyl (C=O) groups is 1. The Morgan fingerprint density at radius 2 is 1.82 bits per heavy atom. The Bertz CT molecular complexity index is 1080. The van der Waals surface area contributed by atoms with E-state index < -0.39 is 8.32 Å². The lowest BCUT2D eigenvalue weighted by Gasteiger charge is -2.39. The van der Waals surface area contributed by atoms with Crippen molar-refractivity contribution in [3.63, 3.8) is 0 Å². The number of imidazole rings is 1. The predicted octanol–water partition coefficient (Wildman–Crippen LogP) is 7.02. The normalized spacial score (nSPS) is 13.2. The highest BCUT2D eigenvalue weighted by Crippen LogP contribution is 2.38. The third-order valence-corrected chi connectivity index (χ3v) is 11.4. The second-order valence-electron chi connectivity index (χ2n) is 10.6. The molecule has 1 atom stereocenters. The second-order valence-corrected chi connectivity index (χ2v) is 15.4. The molecule has 184 valence electrons. The van der Waals surface area contributed by atoms with Gasteiger partial charge < -0.3 is 13.7 Å². The monoisotopic (exact) mass is 480 g/mol. The Hall–Kier alpha value is -2.44. The van der Waals surface area contributed by atoms with Crippen molar-refractivity contribution in [2.45, 2.75) is 84.2 Å². The van der Waals surface area contributed by atoms with E-state index in [-0.39, 0.29) is 17.1 Å². The molecule has 1 unspecified atom stereocenters. The Kier molecular flexibility index (Phi) is 8.71. The van der Waals surface area contributed by atoms with Crippen LogP contribution in [-0.4, -0.2) is 36.5 Å². The summed E-state index contributed by atoms with van der Waals surface area (Å²) in [6, 6.07) is 15.3. The van der Waals surface area contributed by atoms with E-state index in [1.807, 2.05) is 4.57 Å². The number of rotatable bonds is 11. The minimum absolute atomic E-state index is 0.0849. The minimum atomic E-state index is -1.93. The molecule has 5 nitrogen and oxygen atoms in total. The van der Waals surface area contributed by atoms with E-state index in [9.17, 15) is 4.79 Å². The van der Waals surface area contributed by atoms with Gasteiger partial charge in [0.25, 0.3) is 0 Å². The maximum absolute atomic E-state index is 12.0. The van der Waals surface area contributed by atoms with E-state index in [0.29, 0.717) is 18.8 Å². The fourth-order valence-electron chi connectivity index (χ4n) is 3.88. The standard InChI is InChI=1S/C28H40N2O3Si/c1-7-32-27(31)26-20-30(21-29-26)19-25(33-34(5,6)28(2,3)4)15-11-8-12-22-16-17-23-13-9-10-14-24(23)18-22/h9-10,13-14,16-18,20-21,25H,7-8,11-12,15,19H2,1-6H3. The summed E-state index contributed by atoms with van der Waals surface area (Å²) in [5.41, 5.74) is 1.73. The van der Waals surface area contributed by atoms with Crippen molar-refractivity contribution in [2.24, 2.45) is 0 Å². The van der Waals surface area contributed by atoms with Gasteiger partial charge in [-0.2, -0.15) is 0 Å². The van der Waals surface area contributed by atoms with Crippen molar-refractivity contribution in [1.82, 2.24) is 9.55 Å². The molecule has 0 N–H and O–H groups in total. The molecule has 0 spiro atoms. The summed E-state index contributed by atoms with van der Waals surface area (Å²) in [5.74, 6) is -0.376. The van der Waals surface area contributed by atoms with Crippen molar-refractivity contribution in [3.8, 4) is 0 Å². The largest absolute Gasteiger partial charge is 0.461 e. The van der Waals surface area contributed by atoms with Gasteiger partial charge in [0.1, 0.15) is 0 Å². The molecule has 3 aromatic rings. The zero-order valence-corrected chi connectivity index (χ0v) is 22.6. The lowest BCUT2D eigenvalue weighted by atomic mass is 10.0. The highest BCUT2D eigenvalue weighted by atomic mass is 28.4. The molecular formula is C28H40N2O3Si. The van der Waals surface area contributed by atoms with Gasteiger partial charge in [-0.25, -0.2) is 9.78 Å². The predicted molar refractivity (Wildman–Crippen MR) is 142 cm³/mol. The molecule has 1 aromatic heterocycles. The first-order valence-electron chi connectivity index (χ1n) is 12.4. The van der Waals surface area contributed by atoms with Crippen LogP contribution in [0.15, 0.2) is 55.0 Å². The Morgan fingerprint density at radius 1 is 1.09 bits per heavy atom. The summed E-state index contributed by atoms with van der Waals surface area (Å²) in [5, 5.41) is 2.73. The fraction of sp³-hybridized carbons (Fsp3) is 0.500. The van der Waals surface area contributed by atoms with E-state index >= 15 is 0 Å². The summed E-state index contributed by atoms with van der Waals surface area (Å²) in [4.78, 5) is 16.2. The number of aromatic nitrogens is 2. The second kappa shape index (κ2) is 11.3. The number of hydrogen-bond acceptors (Lipinski definition) is 4. The molecule has 0 amide bonds. The number of fused-ring (bicyclic) bond motifs is 1. The van der Waals surface area contributed by atoms with Gasteiger partial charge in [-0.3, -0.25) is 0 Å². The molecule has 34 heavy (non-hydrogen) atoms. The van der Waals surface area contributed by atoms with Crippen molar-refractivity contribution in [1.29, 1.82) is 0 Å². The number of ether oxygens (including phenoxy) is 1. The van der Waals surface area contributed by atoms with E-state index in [4.69, 9.17) is 9.16 Å². The summed E-state index contributed by atoms with van der Waals surface area (Å²) >= 11 is 0. The minimum Gasteiger partial charge on any atom is -0.461 e. The van der Waals surface area contributed by atoms with E-state index in [2.05, 4.69) is 81.3 Å². The highest BCUT2D eigenvalue weighted by Gasteiger charge is 2.39. The fourth-order valence-corrected chi connectivity index (χ4v) is 5.26. The van der Waals surface area contributed by atoms with Crippen molar-refractivity contribution < 1.29 is 14.0 Å². The molecule has 2 aromatic carbocycles. The summed E-state index contributed by atoms with van der Waals surface area (Å²) in [6.45, 7) is 14.2. The number of unbranched alkanes of at least 4 members (excludes halogenated alkanes) is 1. The number of benzene rings is 2. The van der Waals surface area contributed by atoms with Crippen LogP contribution in [0.2, 0.25) is 18.1 Å². The SMILES string of the molecule is CCOC(=O)c1cn(CC(CCCCc2ccc3ccccc3c2)O[Si](C)(C)C(C)(C)C)cn1.